The minimum atomic E-state index is 0.122. The van der Waals surface area contributed by atoms with Crippen molar-refractivity contribution < 1.29 is 9.53 Å². The average molecular weight is 341 g/mol. The molecular formula is C21H25O2S+. The Balaban J connectivity index is 1.80. The van der Waals surface area contributed by atoms with Crippen molar-refractivity contribution >= 4 is 16.7 Å². The number of rotatable bonds is 5. The molecule has 3 heteroatoms. The molecule has 3 rings (SSSR count). The summed E-state index contributed by atoms with van der Waals surface area (Å²) in [6.07, 6.45) is 0. The summed E-state index contributed by atoms with van der Waals surface area (Å²) in [5, 5.41) is 0.122. The van der Waals surface area contributed by atoms with Gasteiger partial charge in [-0.2, -0.15) is 0 Å². The van der Waals surface area contributed by atoms with Crippen molar-refractivity contribution in [1.29, 1.82) is 0 Å². The Morgan fingerprint density at radius 2 is 1.50 bits per heavy atom. The van der Waals surface area contributed by atoms with Crippen molar-refractivity contribution in [3.8, 4) is 11.1 Å². The molecule has 0 aromatic heterocycles. The van der Waals surface area contributed by atoms with Crippen LogP contribution in [0.15, 0.2) is 54.6 Å². The van der Waals surface area contributed by atoms with Crippen LogP contribution < -0.4 is 0 Å². The van der Waals surface area contributed by atoms with Crippen LogP contribution in [-0.4, -0.2) is 35.8 Å². The fraction of sp³-hybridized carbons (Fsp3) is 0.381. The monoisotopic (exact) mass is 341 g/mol. The second kappa shape index (κ2) is 8.00. The zero-order valence-electron chi connectivity index (χ0n) is 14.4. The summed E-state index contributed by atoms with van der Waals surface area (Å²) in [6.45, 7) is 5.94. The standard InChI is InChI=1S/C21H25O2S/c1-16(2)21(24-14-12-23-13-15-24)20(22)19-10-8-18(9-11-19)17-6-4-3-5-7-17/h3-11,16,21H,12-15H2,1-2H3/q+1. The van der Waals surface area contributed by atoms with E-state index in [9.17, 15) is 4.79 Å². The quantitative estimate of drug-likeness (QED) is 0.601. The van der Waals surface area contributed by atoms with Gasteiger partial charge in [0.1, 0.15) is 11.5 Å². The van der Waals surface area contributed by atoms with E-state index in [2.05, 4.69) is 38.1 Å². The van der Waals surface area contributed by atoms with Gasteiger partial charge in [0.2, 0.25) is 5.78 Å². The van der Waals surface area contributed by atoms with E-state index in [1.165, 1.54) is 5.56 Å². The van der Waals surface area contributed by atoms with Crippen LogP contribution in [0.5, 0.6) is 0 Å². The Morgan fingerprint density at radius 3 is 2.08 bits per heavy atom. The average Bonchev–Trinajstić information content (AvgIpc) is 2.63. The molecule has 0 N–H and O–H groups in total. The van der Waals surface area contributed by atoms with E-state index in [1.54, 1.807) is 0 Å². The Hall–Kier alpha value is -1.58. The number of Topliss-reactive ketones (excluding diaryl/α,β-unsaturated/α-hetero) is 1. The lowest BCUT2D eigenvalue weighted by molar-refractivity contribution is 0.0972. The highest BCUT2D eigenvalue weighted by Crippen LogP contribution is 2.25. The number of carbonyl (C=O) groups excluding carboxylic acids is 1. The van der Waals surface area contributed by atoms with E-state index in [-0.39, 0.29) is 16.1 Å². The molecule has 1 fully saturated rings. The van der Waals surface area contributed by atoms with Gasteiger partial charge in [-0.05, 0) is 11.1 Å². The number of carbonyl (C=O) groups is 1. The van der Waals surface area contributed by atoms with Crippen LogP contribution in [0.3, 0.4) is 0 Å². The van der Waals surface area contributed by atoms with Crippen molar-refractivity contribution in [2.75, 3.05) is 24.7 Å². The normalized spacial score (nSPS) is 17.0. The van der Waals surface area contributed by atoms with Crippen LogP contribution in [0.25, 0.3) is 11.1 Å². The maximum Gasteiger partial charge on any atom is 0.215 e. The predicted octanol–water partition coefficient (Wildman–Crippen LogP) is 4.21. The molecule has 2 aromatic carbocycles. The zero-order valence-corrected chi connectivity index (χ0v) is 15.2. The molecule has 1 heterocycles. The second-order valence-electron chi connectivity index (χ2n) is 6.53. The summed E-state index contributed by atoms with van der Waals surface area (Å²) in [4.78, 5) is 13.1. The maximum absolute atomic E-state index is 13.1. The van der Waals surface area contributed by atoms with E-state index >= 15 is 0 Å². The summed E-state index contributed by atoms with van der Waals surface area (Å²) in [5.74, 6) is 2.72. The molecule has 1 atom stereocenters. The summed E-state index contributed by atoms with van der Waals surface area (Å²) in [6, 6.07) is 18.4. The summed E-state index contributed by atoms with van der Waals surface area (Å²) < 4.78 is 5.48. The Labute approximate surface area is 147 Å². The minimum Gasteiger partial charge on any atom is -0.372 e. The molecule has 0 aliphatic carbocycles. The molecule has 24 heavy (non-hydrogen) atoms. The van der Waals surface area contributed by atoms with Gasteiger partial charge in [-0.1, -0.05) is 68.4 Å². The van der Waals surface area contributed by atoms with Crippen LogP contribution >= 0.6 is 0 Å². The first-order valence-corrected chi connectivity index (χ1v) is 10.2. The van der Waals surface area contributed by atoms with Gasteiger partial charge in [-0.3, -0.25) is 4.79 Å². The van der Waals surface area contributed by atoms with Gasteiger partial charge in [0.25, 0.3) is 0 Å². The van der Waals surface area contributed by atoms with Gasteiger partial charge in [0.05, 0.1) is 13.2 Å². The number of hydrogen-bond donors (Lipinski definition) is 0. The molecule has 0 amide bonds. The Bertz CT molecular complexity index is 658. The van der Waals surface area contributed by atoms with E-state index < -0.39 is 0 Å². The first-order chi connectivity index (χ1) is 11.7. The third-order valence-corrected chi connectivity index (χ3v) is 7.34. The topological polar surface area (TPSA) is 26.3 Å². The fourth-order valence-corrected chi connectivity index (χ4v) is 5.84. The van der Waals surface area contributed by atoms with E-state index in [4.69, 9.17) is 4.74 Å². The van der Waals surface area contributed by atoms with Crippen molar-refractivity contribution in [3.63, 3.8) is 0 Å². The van der Waals surface area contributed by atoms with E-state index in [0.29, 0.717) is 11.7 Å². The molecule has 0 bridgehead atoms. The summed E-state index contributed by atoms with van der Waals surface area (Å²) in [7, 11) is 0.141. The lowest BCUT2D eigenvalue weighted by atomic mass is 9.98. The molecule has 126 valence electrons. The van der Waals surface area contributed by atoms with Crippen LogP contribution in [0.4, 0.5) is 0 Å². The second-order valence-corrected chi connectivity index (χ2v) is 8.93. The van der Waals surface area contributed by atoms with Crippen LogP contribution in [0.1, 0.15) is 24.2 Å². The van der Waals surface area contributed by atoms with Crippen LogP contribution in [0, 0.1) is 5.92 Å². The number of benzene rings is 2. The van der Waals surface area contributed by atoms with Crippen LogP contribution in [0.2, 0.25) is 0 Å². The van der Waals surface area contributed by atoms with E-state index in [1.807, 2.05) is 30.3 Å². The predicted molar refractivity (Wildman–Crippen MR) is 103 cm³/mol. The highest BCUT2D eigenvalue weighted by atomic mass is 32.2. The van der Waals surface area contributed by atoms with Crippen molar-refractivity contribution in [2.45, 2.75) is 19.1 Å². The fourth-order valence-electron chi connectivity index (χ4n) is 3.25. The highest BCUT2D eigenvalue weighted by molar-refractivity contribution is 7.98. The molecule has 0 spiro atoms. The lowest BCUT2D eigenvalue weighted by Gasteiger charge is -2.24. The van der Waals surface area contributed by atoms with Crippen LogP contribution in [-0.2, 0) is 15.6 Å². The Kier molecular flexibility index (Phi) is 5.75. The number of hydrogen-bond acceptors (Lipinski definition) is 2. The van der Waals surface area contributed by atoms with Crippen molar-refractivity contribution in [2.24, 2.45) is 5.92 Å². The third kappa shape index (κ3) is 3.90. The van der Waals surface area contributed by atoms with Gasteiger partial charge in [-0.25, -0.2) is 0 Å². The zero-order chi connectivity index (χ0) is 16.9. The summed E-state index contributed by atoms with van der Waals surface area (Å²) >= 11 is 0. The summed E-state index contributed by atoms with van der Waals surface area (Å²) in [5.41, 5.74) is 3.18. The Morgan fingerprint density at radius 1 is 0.917 bits per heavy atom. The molecular weight excluding hydrogens is 316 g/mol. The largest absolute Gasteiger partial charge is 0.372 e. The maximum atomic E-state index is 13.1. The van der Waals surface area contributed by atoms with Gasteiger partial charge < -0.3 is 4.74 Å². The first-order valence-electron chi connectivity index (χ1n) is 8.60. The highest BCUT2D eigenvalue weighted by Gasteiger charge is 2.40. The first kappa shape index (κ1) is 17.2. The molecule has 1 aliphatic heterocycles. The molecule has 2 aromatic rings. The molecule has 0 radical (unpaired) electrons. The van der Waals surface area contributed by atoms with Crippen molar-refractivity contribution in [1.82, 2.24) is 0 Å². The molecule has 1 aliphatic rings. The smallest absolute Gasteiger partial charge is 0.215 e. The minimum absolute atomic E-state index is 0.122. The molecule has 1 unspecified atom stereocenters. The molecule has 1 saturated heterocycles. The van der Waals surface area contributed by atoms with Gasteiger partial charge >= 0.3 is 0 Å². The van der Waals surface area contributed by atoms with E-state index in [0.717, 1.165) is 35.8 Å². The number of ketones is 1. The molecule has 2 nitrogen and oxygen atoms in total. The van der Waals surface area contributed by atoms with Crippen molar-refractivity contribution in [3.05, 3.63) is 60.2 Å². The lowest BCUT2D eigenvalue weighted by Crippen LogP contribution is -2.42. The number of ether oxygens (including phenoxy) is 1. The van der Waals surface area contributed by atoms with Gasteiger partial charge in [0, 0.05) is 22.4 Å². The SMILES string of the molecule is CC(C)C(C(=O)c1ccc(-c2ccccc2)cc1)[S+]1CCOCC1. The van der Waals surface area contributed by atoms with Gasteiger partial charge in [-0.15, -0.1) is 0 Å². The third-order valence-electron chi connectivity index (χ3n) is 4.48. The molecule has 0 saturated carbocycles. The van der Waals surface area contributed by atoms with Gasteiger partial charge in [0.15, 0.2) is 5.25 Å².